The maximum atomic E-state index is 13.0. The first-order valence-corrected chi connectivity index (χ1v) is 6.20. The first kappa shape index (κ1) is 13.6. The second-order valence-corrected chi connectivity index (χ2v) is 4.72. The van der Waals surface area contributed by atoms with E-state index in [1.54, 1.807) is 12.1 Å². The van der Waals surface area contributed by atoms with Crippen LogP contribution < -0.4 is 5.32 Å². The Balaban J connectivity index is 2.59. The minimum atomic E-state index is -0.327. The van der Waals surface area contributed by atoms with Gasteiger partial charge in [-0.25, -0.2) is 4.39 Å². The third kappa shape index (κ3) is 3.85. The van der Waals surface area contributed by atoms with E-state index < -0.39 is 0 Å². The van der Waals surface area contributed by atoms with E-state index in [0.29, 0.717) is 11.0 Å². The molecule has 0 saturated carbocycles. The maximum absolute atomic E-state index is 13.0. The van der Waals surface area contributed by atoms with Gasteiger partial charge in [0.25, 0.3) is 0 Å². The molecule has 0 aliphatic heterocycles. The number of halogens is 2. The standard InChI is InChI=1S/C12H17BrFNO/c1-3-10(16)7-15-8(2)9-4-5-12(14)11(13)6-9/h4-6,8,10,15-16H,3,7H2,1-2H3. The van der Waals surface area contributed by atoms with Crippen LogP contribution in [0.1, 0.15) is 31.9 Å². The highest BCUT2D eigenvalue weighted by Gasteiger charge is 2.09. The molecule has 4 heteroatoms. The lowest BCUT2D eigenvalue weighted by Crippen LogP contribution is -2.28. The minimum Gasteiger partial charge on any atom is -0.392 e. The Hall–Kier alpha value is -0.450. The van der Waals surface area contributed by atoms with Crippen molar-refractivity contribution in [1.29, 1.82) is 0 Å². The largest absolute Gasteiger partial charge is 0.392 e. The fraction of sp³-hybridized carbons (Fsp3) is 0.500. The van der Waals surface area contributed by atoms with E-state index >= 15 is 0 Å². The van der Waals surface area contributed by atoms with Crippen LogP contribution in [-0.4, -0.2) is 17.8 Å². The van der Waals surface area contributed by atoms with E-state index in [2.05, 4.69) is 21.2 Å². The predicted octanol–water partition coefficient (Wildman–Crippen LogP) is 3.01. The van der Waals surface area contributed by atoms with E-state index in [1.165, 1.54) is 6.07 Å². The van der Waals surface area contributed by atoms with Gasteiger partial charge in [0.05, 0.1) is 10.6 Å². The Morgan fingerprint density at radius 2 is 2.19 bits per heavy atom. The summed E-state index contributed by atoms with van der Waals surface area (Å²) in [6.07, 6.45) is 0.402. The van der Waals surface area contributed by atoms with Gasteiger partial charge in [-0.15, -0.1) is 0 Å². The van der Waals surface area contributed by atoms with Crippen molar-refractivity contribution >= 4 is 15.9 Å². The predicted molar refractivity (Wildman–Crippen MR) is 66.8 cm³/mol. The summed E-state index contributed by atoms with van der Waals surface area (Å²) in [5.41, 5.74) is 0.997. The zero-order valence-electron chi connectivity index (χ0n) is 9.50. The molecule has 0 saturated heterocycles. The molecule has 2 unspecified atom stereocenters. The van der Waals surface area contributed by atoms with Gasteiger partial charge in [0, 0.05) is 12.6 Å². The number of nitrogens with one attached hydrogen (secondary N) is 1. The molecule has 0 aromatic heterocycles. The molecule has 1 aromatic rings. The van der Waals surface area contributed by atoms with E-state index in [9.17, 15) is 9.50 Å². The highest BCUT2D eigenvalue weighted by atomic mass is 79.9. The van der Waals surface area contributed by atoms with Crippen LogP contribution in [0.4, 0.5) is 4.39 Å². The summed E-state index contributed by atoms with van der Waals surface area (Å²) in [6.45, 7) is 4.47. The number of aliphatic hydroxyl groups is 1. The van der Waals surface area contributed by atoms with Crippen LogP contribution in [0.25, 0.3) is 0 Å². The molecule has 0 bridgehead atoms. The van der Waals surface area contributed by atoms with Crippen molar-refractivity contribution in [1.82, 2.24) is 5.32 Å². The zero-order chi connectivity index (χ0) is 12.1. The molecule has 0 aliphatic carbocycles. The lowest BCUT2D eigenvalue weighted by Gasteiger charge is -2.17. The van der Waals surface area contributed by atoms with Crippen molar-refractivity contribution in [2.75, 3.05) is 6.54 Å². The van der Waals surface area contributed by atoms with Crippen LogP contribution in [0.3, 0.4) is 0 Å². The van der Waals surface area contributed by atoms with Gasteiger partial charge in [-0.1, -0.05) is 13.0 Å². The van der Waals surface area contributed by atoms with Crippen LogP contribution >= 0.6 is 15.9 Å². The summed E-state index contributed by atoms with van der Waals surface area (Å²) in [5, 5.41) is 12.6. The molecule has 1 aromatic carbocycles. The van der Waals surface area contributed by atoms with Crippen LogP contribution in [-0.2, 0) is 0 Å². The normalized spacial score (nSPS) is 14.8. The number of hydrogen-bond donors (Lipinski definition) is 2. The lowest BCUT2D eigenvalue weighted by molar-refractivity contribution is 0.164. The van der Waals surface area contributed by atoms with Crippen molar-refractivity contribution < 1.29 is 9.50 Å². The van der Waals surface area contributed by atoms with Gasteiger partial charge >= 0.3 is 0 Å². The molecule has 2 nitrogen and oxygen atoms in total. The molecule has 1 rings (SSSR count). The van der Waals surface area contributed by atoms with Gasteiger partial charge in [0.2, 0.25) is 0 Å². The van der Waals surface area contributed by atoms with Gasteiger partial charge in [-0.05, 0) is 47.0 Å². The summed E-state index contributed by atoms with van der Waals surface area (Å²) in [5.74, 6) is -0.260. The Labute approximate surface area is 104 Å². The summed E-state index contributed by atoms with van der Waals surface area (Å²) in [7, 11) is 0. The highest BCUT2D eigenvalue weighted by molar-refractivity contribution is 9.10. The van der Waals surface area contributed by atoms with Gasteiger partial charge in [-0.3, -0.25) is 0 Å². The van der Waals surface area contributed by atoms with E-state index in [4.69, 9.17) is 0 Å². The maximum Gasteiger partial charge on any atom is 0.137 e. The molecule has 0 radical (unpaired) electrons. The zero-order valence-corrected chi connectivity index (χ0v) is 11.1. The van der Waals surface area contributed by atoms with E-state index in [0.717, 1.165) is 12.0 Å². The van der Waals surface area contributed by atoms with E-state index in [1.807, 2.05) is 13.8 Å². The Bertz CT molecular complexity index is 346. The third-order valence-corrected chi connectivity index (χ3v) is 3.18. The van der Waals surface area contributed by atoms with Crippen molar-refractivity contribution in [2.24, 2.45) is 0 Å². The summed E-state index contributed by atoms with van der Waals surface area (Å²) >= 11 is 3.16. The molecule has 0 heterocycles. The summed E-state index contributed by atoms with van der Waals surface area (Å²) in [6, 6.07) is 5.04. The first-order valence-electron chi connectivity index (χ1n) is 5.41. The Morgan fingerprint density at radius 3 is 2.75 bits per heavy atom. The van der Waals surface area contributed by atoms with Crippen LogP contribution in [0.2, 0.25) is 0 Å². The Kier molecular flexibility index (Phi) is 5.38. The summed E-state index contributed by atoms with van der Waals surface area (Å²) < 4.78 is 13.5. The van der Waals surface area contributed by atoms with Crippen LogP contribution in [0.5, 0.6) is 0 Å². The molecule has 2 N–H and O–H groups in total. The van der Waals surface area contributed by atoms with Crippen molar-refractivity contribution in [3.63, 3.8) is 0 Å². The second-order valence-electron chi connectivity index (χ2n) is 3.87. The van der Waals surface area contributed by atoms with E-state index in [-0.39, 0.29) is 18.0 Å². The topological polar surface area (TPSA) is 32.3 Å². The Morgan fingerprint density at radius 1 is 1.50 bits per heavy atom. The van der Waals surface area contributed by atoms with Crippen LogP contribution in [0.15, 0.2) is 22.7 Å². The third-order valence-electron chi connectivity index (χ3n) is 2.57. The SMILES string of the molecule is CCC(O)CNC(C)c1ccc(F)c(Br)c1. The van der Waals surface area contributed by atoms with Gasteiger partial charge < -0.3 is 10.4 Å². The smallest absolute Gasteiger partial charge is 0.137 e. The number of benzene rings is 1. The van der Waals surface area contributed by atoms with Crippen molar-refractivity contribution in [3.8, 4) is 0 Å². The van der Waals surface area contributed by atoms with Crippen molar-refractivity contribution in [2.45, 2.75) is 32.4 Å². The molecule has 0 aliphatic rings. The van der Waals surface area contributed by atoms with Gasteiger partial charge in [0.1, 0.15) is 5.82 Å². The molecule has 16 heavy (non-hydrogen) atoms. The molecule has 0 spiro atoms. The summed E-state index contributed by atoms with van der Waals surface area (Å²) in [4.78, 5) is 0. The monoisotopic (exact) mass is 289 g/mol. The number of hydrogen-bond acceptors (Lipinski definition) is 2. The highest BCUT2D eigenvalue weighted by Crippen LogP contribution is 2.21. The fourth-order valence-electron chi connectivity index (χ4n) is 1.36. The van der Waals surface area contributed by atoms with Crippen molar-refractivity contribution in [3.05, 3.63) is 34.1 Å². The lowest BCUT2D eigenvalue weighted by atomic mass is 10.1. The average Bonchev–Trinajstić information content (AvgIpc) is 2.29. The second kappa shape index (κ2) is 6.33. The van der Waals surface area contributed by atoms with Gasteiger partial charge in [-0.2, -0.15) is 0 Å². The minimum absolute atomic E-state index is 0.0955. The molecular weight excluding hydrogens is 273 g/mol. The molecule has 0 fully saturated rings. The number of aliphatic hydroxyl groups excluding tert-OH is 1. The quantitative estimate of drug-likeness (QED) is 0.873. The first-order chi connectivity index (χ1) is 7.54. The fourth-order valence-corrected chi connectivity index (χ4v) is 1.75. The van der Waals surface area contributed by atoms with Crippen LogP contribution in [0, 0.1) is 5.82 Å². The number of rotatable bonds is 5. The molecule has 90 valence electrons. The molecular formula is C12H17BrFNO. The van der Waals surface area contributed by atoms with Gasteiger partial charge in [0.15, 0.2) is 0 Å². The average molecular weight is 290 g/mol. The molecule has 2 atom stereocenters. The molecule has 0 amide bonds.